The van der Waals surface area contributed by atoms with Crippen LogP contribution < -0.4 is 0 Å². The molecule has 0 spiro atoms. The van der Waals surface area contributed by atoms with Crippen LogP contribution in [0.4, 0.5) is 0 Å². The second kappa shape index (κ2) is 4.69. The Hall–Kier alpha value is -1.70. The first kappa shape index (κ1) is 9.84. The average Bonchev–Trinajstić information content (AvgIpc) is 2.46. The Labute approximate surface area is 90.1 Å². The van der Waals surface area contributed by atoms with Crippen LogP contribution >= 0.6 is 0 Å². The van der Waals surface area contributed by atoms with E-state index in [1.807, 2.05) is 19.1 Å². The zero-order chi connectivity index (χ0) is 10.5. The number of hydrogen-bond donors (Lipinski definition) is 0. The molecule has 0 bridgehead atoms. The molecule has 0 N–H and O–H groups in total. The summed E-state index contributed by atoms with van der Waals surface area (Å²) in [5, 5.41) is 0. The van der Waals surface area contributed by atoms with Crippen molar-refractivity contribution in [2.24, 2.45) is 9.98 Å². The Morgan fingerprint density at radius 2 is 2.00 bits per heavy atom. The molecule has 0 fully saturated rings. The van der Waals surface area contributed by atoms with Crippen LogP contribution in [0.3, 0.4) is 0 Å². The molecule has 0 aliphatic carbocycles. The van der Waals surface area contributed by atoms with Crippen LogP contribution in [0.5, 0.6) is 0 Å². The van der Waals surface area contributed by atoms with Crippen molar-refractivity contribution in [1.82, 2.24) is 0 Å². The SMILES string of the molecule is CC1=NC=NC(Cc2ccccc2)C=C1. The first-order valence-corrected chi connectivity index (χ1v) is 5.13. The molecule has 15 heavy (non-hydrogen) atoms. The lowest BCUT2D eigenvalue weighted by Crippen LogP contribution is -2.04. The Morgan fingerprint density at radius 1 is 1.20 bits per heavy atom. The van der Waals surface area contributed by atoms with Gasteiger partial charge in [0.25, 0.3) is 0 Å². The van der Waals surface area contributed by atoms with Crippen LogP contribution in [0.1, 0.15) is 12.5 Å². The second-order valence-corrected chi connectivity index (χ2v) is 3.65. The first-order valence-electron chi connectivity index (χ1n) is 5.13. The Kier molecular flexibility index (Phi) is 3.08. The Morgan fingerprint density at radius 3 is 2.80 bits per heavy atom. The number of nitrogens with zero attached hydrogens (tertiary/aromatic N) is 2. The number of allylic oxidation sites excluding steroid dienone is 1. The van der Waals surface area contributed by atoms with Gasteiger partial charge in [0.2, 0.25) is 0 Å². The van der Waals surface area contributed by atoms with Crippen molar-refractivity contribution in [2.45, 2.75) is 19.4 Å². The summed E-state index contributed by atoms with van der Waals surface area (Å²) in [6.45, 7) is 1.98. The van der Waals surface area contributed by atoms with Gasteiger partial charge in [0.15, 0.2) is 0 Å². The van der Waals surface area contributed by atoms with E-state index in [2.05, 4.69) is 40.3 Å². The van der Waals surface area contributed by atoms with E-state index in [4.69, 9.17) is 0 Å². The van der Waals surface area contributed by atoms with Gasteiger partial charge in [-0.1, -0.05) is 36.4 Å². The standard InChI is InChI=1S/C13H14N2/c1-11-7-8-13(15-10-14-11)9-12-5-3-2-4-6-12/h2-8,10,13H,9H2,1H3. The fourth-order valence-corrected chi connectivity index (χ4v) is 1.53. The molecule has 2 heteroatoms. The van der Waals surface area contributed by atoms with Crippen LogP contribution in [0, 0.1) is 0 Å². The Bertz CT molecular complexity index is 402. The van der Waals surface area contributed by atoms with E-state index in [9.17, 15) is 0 Å². The van der Waals surface area contributed by atoms with Crippen molar-refractivity contribution < 1.29 is 0 Å². The van der Waals surface area contributed by atoms with Crippen LogP contribution in [-0.2, 0) is 6.42 Å². The van der Waals surface area contributed by atoms with Crippen molar-refractivity contribution in [2.75, 3.05) is 0 Å². The summed E-state index contributed by atoms with van der Waals surface area (Å²) < 4.78 is 0. The van der Waals surface area contributed by atoms with E-state index in [1.165, 1.54) is 5.56 Å². The molecular weight excluding hydrogens is 184 g/mol. The molecule has 1 heterocycles. The lowest BCUT2D eigenvalue weighted by Gasteiger charge is -2.05. The van der Waals surface area contributed by atoms with Gasteiger partial charge < -0.3 is 0 Å². The summed E-state index contributed by atoms with van der Waals surface area (Å²) >= 11 is 0. The molecule has 1 aliphatic rings. The highest BCUT2D eigenvalue weighted by atomic mass is 14.9. The highest BCUT2D eigenvalue weighted by Crippen LogP contribution is 2.08. The third-order valence-electron chi connectivity index (χ3n) is 2.37. The monoisotopic (exact) mass is 198 g/mol. The molecule has 1 unspecified atom stereocenters. The maximum Gasteiger partial charge on any atom is 0.110 e. The van der Waals surface area contributed by atoms with Gasteiger partial charge in [-0.3, -0.25) is 4.99 Å². The third kappa shape index (κ3) is 2.88. The van der Waals surface area contributed by atoms with Crippen molar-refractivity contribution in [3.63, 3.8) is 0 Å². The van der Waals surface area contributed by atoms with Gasteiger partial charge in [-0.25, -0.2) is 4.99 Å². The molecule has 0 saturated heterocycles. The minimum absolute atomic E-state index is 0.216. The van der Waals surface area contributed by atoms with E-state index in [0.717, 1.165) is 12.1 Å². The zero-order valence-electron chi connectivity index (χ0n) is 8.80. The van der Waals surface area contributed by atoms with Crippen molar-refractivity contribution in [1.29, 1.82) is 0 Å². The van der Waals surface area contributed by atoms with Crippen LogP contribution in [-0.4, -0.2) is 18.1 Å². The number of aliphatic imine (C=N–C) groups is 2. The van der Waals surface area contributed by atoms with E-state index in [-0.39, 0.29) is 6.04 Å². The Balaban J connectivity index is 2.06. The van der Waals surface area contributed by atoms with Gasteiger partial charge in [0.05, 0.1) is 6.04 Å². The summed E-state index contributed by atoms with van der Waals surface area (Å²) in [6.07, 6.45) is 6.73. The number of rotatable bonds is 2. The van der Waals surface area contributed by atoms with Crippen LogP contribution in [0.2, 0.25) is 0 Å². The highest BCUT2D eigenvalue weighted by molar-refractivity contribution is 5.97. The summed E-state index contributed by atoms with van der Waals surface area (Å²) in [4.78, 5) is 8.52. The zero-order valence-corrected chi connectivity index (χ0v) is 8.80. The van der Waals surface area contributed by atoms with Gasteiger partial charge in [-0.2, -0.15) is 0 Å². The fourth-order valence-electron chi connectivity index (χ4n) is 1.53. The van der Waals surface area contributed by atoms with E-state index < -0.39 is 0 Å². The van der Waals surface area contributed by atoms with Gasteiger partial charge >= 0.3 is 0 Å². The topological polar surface area (TPSA) is 24.7 Å². The molecule has 2 rings (SSSR count). The predicted molar refractivity (Wildman–Crippen MR) is 64.7 cm³/mol. The first-order chi connectivity index (χ1) is 7.34. The molecule has 1 atom stereocenters. The minimum Gasteiger partial charge on any atom is -0.266 e. The molecule has 0 saturated carbocycles. The fraction of sp³-hybridized carbons (Fsp3) is 0.231. The normalized spacial score (nSPS) is 19.8. The molecule has 0 radical (unpaired) electrons. The summed E-state index contributed by atoms with van der Waals surface area (Å²) in [5.41, 5.74) is 2.32. The lowest BCUT2D eigenvalue weighted by molar-refractivity contribution is 0.817. The largest absolute Gasteiger partial charge is 0.266 e. The third-order valence-corrected chi connectivity index (χ3v) is 2.37. The van der Waals surface area contributed by atoms with Gasteiger partial charge in [-0.15, -0.1) is 0 Å². The average molecular weight is 198 g/mol. The molecular formula is C13H14N2. The minimum atomic E-state index is 0.216. The molecule has 0 aromatic heterocycles. The predicted octanol–water partition coefficient (Wildman–Crippen LogP) is 2.66. The number of hydrogen-bond acceptors (Lipinski definition) is 2. The summed E-state index contributed by atoms with van der Waals surface area (Å²) in [7, 11) is 0. The van der Waals surface area contributed by atoms with Crippen molar-refractivity contribution in [3.8, 4) is 0 Å². The molecule has 2 nitrogen and oxygen atoms in total. The smallest absolute Gasteiger partial charge is 0.110 e. The number of benzene rings is 1. The van der Waals surface area contributed by atoms with Gasteiger partial charge in [-0.05, 0) is 25.0 Å². The van der Waals surface area contributed by atoms with Crippen molar-refractivity contribution in [3.05, 3.63) is 48.0 Å². The molecule has 1 aliphatic heterocycles. The van der Waals surface area contributed by atoms with Gasteiger partial charge in [0.1, 0.15) is 6.34 Å². The van der Waals surface area contributed by atoms with Crippen LogP contribution in [0.15, 0.2) is 52.5 Å². The molecule has 1 aromatic rings. The van der Waals surface area contributed by atoms with Crippen molar-refractivity contribution >= 4 is 12.1 Å². The summed E-state index contributed by atoms with van der Waals surface area (Å²) in [5.74, 6) is 0. The maximum atomic E-state index is 4.37. The second-order valence-electron chi connectivity index (χ2n) is 3.65. The summed E-state index contributed by atoms with van der Waals surface area (Å²) in [6, 6.07) is 10.6. The van der Waals surface area contributed by atoms with E-state index in [0.29, 0.717) is 0 Å². The van der Waals surface area contributed by atoms with E-state index >= 15 is 0 Å². The molecule has 0 amide bonds. The maximum absolute atomic E-state index is 4.37. The van der Waals surface area contributed by atoms with E-state index in [1.54, 1.807) is 6.34 Å². The quantitative estimate of drug-likeness (QED) is 0.698. The van der Waals surface area contributed by atoms with Crippen LogP contribution in [0.25, 0.3) is 0 Å². The lowest BCUT2D eigenvalue weighted by atomic mass is 10.1. The highest BCUT2D eigenvalue weighted by Gasteiger charge is 2.04. The molecule has 1 aromatic carbocycles. The van der Waals surface area contributed by atoms with Gasteiger partial charge in [0, 0.05) is 5.71 Å². The molecule has 76 valence electrons.